The molecule has 3 amide bonds. The van der Waals surface area contributed by atoms with Crippen molar-refractivity contribution in [3.63, 3.8) is 0 Å². The zero-order valence-electron chi connectivity index (χ0n) is 13.7. The smallest absolute Gasteiger partial charge is 0.335 e. The molecule has 5 N–H and O–H groups in total. The molecule has 0 spiro atoms. The van der Waals surface area contributed by atoms with Crippen molar-refractivity contribution in [3.8, 4) is 0 Å². The SMILES string of the molecule is NC(=O)N[C@@H](CC(=O)NCc1ccc(C(=O)O)cc1)c1ccc(Cl)cc1. The van der Waals surface area contributed by atoms with E-state index in [2.05, 4.69) is 10.6 Å². The van der Waals surface area contributed by atoms with Crippen LogP contribution in [-0.4, -0.2) is 23.0 Å². The Labute approximate surface area is 155 Å². The molecular weight excluding hydrogens is 358 g/mol. The van der Waals surface area contributed by atoms with Gasteiger partial charge in [0.15, 0.2) is 0 Å². The number of nitrogens with two attached hydrogens (primary N) is 1. The molecule has 0 aromatic heterocycles. The van der Waals surface area contributed by atoms with Crippen molar-refractivity contribution in [1.29, 1.82) is 0 Å². The first kappa shape index (κ1) is 19.3. The molecule has 0 bridgehead atoms. The second kappa shape index (κ2) is 8.87. The van der Waals surface area contributed by atoms with Crippen molar-refractivity contribution < 1.29 is 19.5 Å². The van der Waals surface area contributed by atoms with Crippen molar-refractivity contribution in [2.75, 3.05) is 0 Å². The summed E-state index contributed by atoms with van der Waals surface area (Å²) < 4.78 is 0. The highest BCUT2D eigenvalue weighted by atomic mass is 35.5. The number of hydrogen-bond donors (Lipinski definition) is 4. The molecule has 2 rings (SSSR count). The number of amides is 3. The van der Waals surface area contributed by atoms with Crippen LogP contribution in [-0.2, 0) is 11.3 Å². The molecule has 7 nitrogen and oxygen atoms in total. The molecule has 0 aliphatic rings. The molecule has 1 atom stereocenters. The molecular formula is C18H18ClN3O4. The fraction of sp³-hybridized carbons (Fsp3) is 0.167. The van der Waals surface area contributed by atoms with Gasteiger partial charge in [0.1, 0.15) is 0 Å². The number of carbonyl (C=O) groups is 3. The summed E-state index contributed by atoms with van der Waals surface area (Å²) >= 11 is 5.85. The quantitative estimate of drug-likeness (QED) is 0.593. The van der Waals surface area contributed by atoms with Crippen LogP contribution in [0.1, 0.15) is 33.9 Å². The number of carbonyl (C=O) groups excluding carboxylic acids is 2. The van der Waals surface area contributed by atoms with Crippen LogP contribution < -0.4 is 16.4 Å². The van der Waals surface area contributed by atoms with Crippen LogP contribution >= 0.6 is 11.6 Å². The van der Waals surface area contributed by atoms with Gasteiger partial charge in [-0.15, -0.1) is 0 Å². The minimum absolute atomic E-state index is 0.00220. The van der Waals surface area contributed by atoms with Crippen molar-refractivity contribution in [2.45, 2.75) is 19.0 Å². The van der Waals surface area contributed by atoms with E-state index in [1.54, 1.807) is 36.4 Å². The lowest BCUT2D eigenvalue weighted by atomic mass is 10.0. The third kappa shape index (κ3) is 5.78. The Morgan fingerprint density at radius 3 is 2.19 bits per heavy atom. The third-order valence-corrected chi connectivity index (χ3v) is 3.92. The Bertz CT molecular complexity index is 791. The summed E-state index contributed by atoms with van der Waals surface area (Å²) in [5.41, 5.74) is 6.82. The molecule has 0 saturated heterocycles. The number of primary amides is 1. The maximum absolute atomic E-state index is 12.2. The van der Waals surface area contributed by atoms with E-state index in [1.807, 2.05) is 0 Å². The van der Waals surface area contributed by atoms with Crippen molar-refractivity contribution in [2.24, 2.45) is 5.73 Å². The second-order valence-electron chi connectivity index (χ2n) is 5.60. The van der Waals surface area contributed by atoms with E-state index in [1.165, 1.54) is 12.1 Å². The topological polar surface area (TPSA) is 122 Å². The van der Waals surface area contributed by atoms with E-state index < -0.39 is 18.0 Å². The van der Waals surface area contributed by atoms with Crippen molar-refractivity contribution in [1.82, 2.24) is 10.6 Å². The first-order valence-electron chi connectivity index (χ1n) is 7.75. The lowest BCUT2D eigenvalue weighted by Gasteiger charge is -2.18. The summed E-state index contributed by atoms with van der Waals surface area (Å²) in [6.45, 7) is 0.239. The van der Waals surface area contributed by atoms with Crippen molar-refractivity contribution in [3.05, 3.63) is 70.2 Å². The van der Waals surface area contributed by atoms with Gasteiger partial charge in [0, 0.05) is 11.6 Å². The summed E-state index contributed by atoms with van der Waals surface area (Å²) in [7, 11) is 0. The maximum atomic E-state index is 12.2. The van der Waals surface area contributed by atoms with Crippen LogP contribution in [0, 0.1) is 0 Å². The zero-order chi connectivity index (χ0) is 19.1. The summed E-state index contributed by atoms with van der Waals surface area (Å²) in [6.07, 6.45) is -0.00220. The molecule has 8 heteroatoms. The minimum Gasteiger partial charge on any atom is -0.478 e. The van der Waals surface area contributed by atoms with Gasteiger partial charge >= 0.3 is 12.0 Å². The standard InChI is InChI=1S/C18H18ClN3O4/c19-14-7-5-12(6-8-14)15(22-18(20)26)9-16(23)21-10-11-1-3-13(4-2-11)17(24)25/h1-8,15H,9-10H2,(H,21,23)(H,24,25)(H3,20,22,26)/t15-/m0/s1. The van der Waals surface area contributed by atoms with Gasteiger partial charge in [-0.05, 0) is 35.4 Å². The molecule has 136 valence electrons. The molecule has 0 radical (unpaired) electrons. The van der Waals surface area contributed by atoms with Gasteiger partial charge in [0.05, 0.1) is 18.0 Å². The van der Waals surface area contributed by atoms with Crippen LogP contribution in [0.2, 0.25) is 5.02 Å². The maximum Gasteiger partial charge on any atom is 0.335 e. The van der Waals surface area contributed by atoms with Crippen LogP contribution in [0.3, 0.4) is 0 Å². The van der Waals surface area contributed by atoms with Gasteiger partial charge in [-0.2, -0.15) is 0 Å². The lowest BCUT2D eigenvalue weighted by Crippen LogP contribution is -2.36. The predicted octanol–water partition coefficient (Wildman–Crippen LogP) is 2.45. The fourth-order valence-electron chi connectivity index (χ4n) is 2.34. The Balaban J connectivity index is 1.97. The van der Waals surface area contributed by atoms with Gasteiger partial charge in [-0.3, -0.25) is 4.79 Å². The number of benzene rings is 2. The lowest BCUT2D eigenvalue weighted by molar-refractivity contribution is -0.121. The van der Waals surface area contributed by atoms with E-state index in [-0.39, 0.29) is 24.4 Å². The normalized spacial score (nSPS) is 11.4. The average molecular weight is 376 g/mol. The van der Waals surface area contributed by atoms with E-state index in [4.69, 9.17) is 22.4 Å². The molecule has 0 unspecified atom stereocenters. The third-order valence-electron chi connectivity index (χ3n) is 3.67. The summed E-state index contributed by atoms with van der Waals surface area (Å²) in [5.74, 6) is -1.30. The van der Waals surface area contributed by atoms with Gasteiger partial charge < -0.3 is 21.5 Å². The highest BCUT2D eigenvalue weighted by molar-refractivity contribution is 6.30. The van der Waals surface area contributed by atoms with E-state index in [9.17, 15) is 14.4 Å². The molecule has 2 aromatic rings. The van der Waals surface area contributed by atoms with Crippen molar-refractivity contribution >= 4 is 29.5 Å². The van der Waals surface area contributed by atoms with Gasteiger partial charge in [0.25, 0.3) is 0 Å². The number of urea groups is 1. The Kier molecular flexibility index (Phi) is 6.57. The van der Waals surface area contributed by atoms with Gasteiger partial charge in [0.2, 0.25) is 5.91 Å². The fourth-order valence-corrected chi connectivity index (χ4v) is 2.47. The first-order valence-corrected chi connectivity index (χ1v) is 8.13. The van der Waals surface area contributed by atoms with E-state index in [0.29, 0.717) is 10.6 Å². The molecule has 2 aromatic carbocycles. The average Bonchev–Trinajstić information content (AvgIpc) is 2.60. The number of aromatic carboxylic acids is 1. The summed E-state index contributed by atoms with van der Waals surface area (Å²) in [5, 5.41) is 14.7. The summed E-state index contributed by atoms with van der Waals surface area (Å²) in [6, 6.07) is 11.6. The van der Waals surface area contributed by atoms with E-state index >= 15 is 0 Å². The van der Waals surface area contributed by atoms with Crippen LogP contribution in [0.5, 0.6) is 0 Å². The highest BCUT2D eigenvalue weighted by Gasteiger charge is 2.17. The van der Waals surface area contributed by atoms with Crippen LogP contribution in [0.15, 0.2) is 48.5 Å². The van der Waals surface area contributed by atoms with Crippen LogP contribution in [0.25, 0.3) is 0 Å². The highest BCUT2D eigenvalue weighted by Crippen LogP contribution is 2.19. The molecule has 0 heterocycles. The number of rotatable bonds is 7. The Morgan fingerprint density at radius 1 is 1.04 bits per heavy atom. The Hall–Kier alpha value is -3.06. The number of carboxylic acid groups (broad SMARTS) is 1. The number of halogens is 1. The minimum atomic E-state index is -1.01. The summed E-state index contributed by atoms with van der Waals surface area (Å²) in [4.78, 5) is 34.2. The number of nitrogens with one attached hydrogen (secondary N) is 2. The number of carboxylic acids is 1. The molecule has 26 heavy (non-hydrogen) atoms. The molecule has 0 aliphatic carbocycles. The largest absolute Gasteiger partial charge is 0.478 e. The molecule has 0 aliphatic heterocycles. The zero-order valence-corrected chi connectivity index (χ0v) is 14.5. The predicted molar refractivity (Wildman–Crippen MR) is 96.8 cm³/mol. The van der Waals surface area contributed by atoms with Gasteiger partial charge in [-0.25, -0.2) is 9.59 Å². The Morgan fingerprint density at radius 2 is 1.65 bits per heavy atom. The monoisotopic (exact) mass is 375 g/mol. The second-order valence-corrected chi connectivity index (χ2v) is 6.03. The molecule has 0 saturated carbocycles. The number of hydrogen-bond acceptors (Lipinski definition) is 3. The molecule has 0 fully saturated rings. The van der Waals surface area contributed by atoms with Gasteiger partial charge in [-0.1, -0.05) is 35.9 Å². The van der Waals surface area contributed by atoms with Crippen LogP contribution in [0.4, 0.5) is 4.79 Å². The van der Waals surface area contributed by atoms with E-state index in [0.717, 1.165) is 5.56 Å². The first-order chi connectivity index (χ1) is 12.3.